The number of ether oxygens (including phenoxy) is 3. The van der Waals surface area contributed by atoms with Crippen LogP contribution in [0, 0.1) is 0 Å². The molecule has 1 atom stereocenters. The normalized spacial score (nSPS) is 15.8. The molecule has 1 aromatic rings. The lowest BCUT2D eigenvalue weighted by atomic mass is 9.95. The Balaban J connectivity index is 1.96. The lowest BCUT2D eigenvalue weighted by Crippen LogP contribution is -2.42. The Hall–Kier alpha value is -2.24. The van der Waals surface area contributed by atoms with Gasteiger partial charge in [0.1, 0.15) is 0 Å². The molecule has 0 heterocycles. The van der Waals surface area contributed by atoms with Crippen molar-refractivity contribution in [3.8, 4) is 11.5 Å². The summed E-state index contributed by atoms with van der Waals surface area (Å²) in [6.07, 6.45) is 4.62. The summed E-state index contributed by atoms with van der Waals surface area (Å²) in [5, 5.41) is 2.97. The summed E-state index contributed by atoms with van der Waals surface area (Å²) in [6, 6.07) is 5.06. The van der Waals surface area contributed by atoms with Crippen molar-refractivity contribution in [2.75, 3.05) is 13.2 Å². The number of hydrogen-bond acceptors (Lipinski definition) is 5. The first-order valence-electron chi connectivity index (χ1n) is 9.46. The molecule has 1 aliphatic rings. The minimum absolute atomic E-state index is 0.187. The van der Waals surface area contributed by atoms with Crippen molar-refractivity contribution >= 4 is 11.9 Å². The van der Waals surface area contributed by atoms with Crippen LogP contribution in [-0.4, -0.2) is 37.2 Å². The van der Waals surface area contributed by atoms with E-state index in [2.05, 4.69) is 5.32 Å². The first kappa shape index (κ1) is 20.1. The van der Waals surface area contributed by atoms with Gasteiger partial charge in [0.05, 0.1) is 18.8 Å². The quantitative estimate of drug-likeness (QED) is 0.716. The lowest BCUT2D eigenvalue weighted by molar-refractivity contribution is -0.130. The maximum atomic E-state index is 12.4. The highest BCUT2D eigenvalue weighted by Crippen LogP contribution is 2.29. The second-order valence-corrected chi connectivity index (χ2v) is 6.42. The molecule has 0 aliphatic heterocycles. The van der Waals surface area contributed by atoms with Crippen LogP contribution in [-0.2, 0) is 9.53 Å². The summed E-state index contributed by atoms with van der Waals surface area (Å²) in [4.78, 5) is 24.6. The van der Waals surface area contributed by atoms with Crippen LogP contribution in [0.5, 0.6) is 11.5 Å². The molecule has 6 heteroatoms. The summed E-state index contributed by atoms with van der Waals surface area (Å²) < 4.78 is 16.3. The van der Waals surface area contributed by atoms with Crippen molar-refractivity contribution in [2.45, 2.75) is 65.0 Å². The van der Waals surface area contributed by atoms with E-state index in [9.17, 15) is 9.59 Å². The molecule has 1 saturated carbocycles. The summed E-state index contributed by atoms with van der Waals surface area (Å²) in [7, 11) is 0. The van der Waals surface area contributed by atoms with E-state index >= 15 is 0 Å². The minimum atomic E-state index is -0.841. The number of rotatable bonds is 8. The van der Waals surface area contributed by atoms with E-state index in [1.807, 2.05) is 13.8 Å². The monoisotopic (exact) mass is 363 g/mol. The maximum absolute atomic E-state index is 12.4. The summed E-state index contributed by atoms with van der Waals surface area (Å²) in [5.74, 6) is 0.263. The molecule has 0 aromatic heterocycles. The summed E-state index contributed by atoms with van der Waals surface area (Å²) in [6.45, 7) is 6.29. The third-order valence-electron chi connectivity index (χ3n) is 4.38. The summed E-state index contributed by atoms with van der Waals surface area (Å²) >= 11 is 0. The number of benzene rings is 1. The van der Waals surface area contributed by atoms with Gasteiger partial charge in [-0.15, -0.1) is 0 Å². The molecule has 0 radical (unpaired) electrons. The van der Waals surface area contributed by atoms with Gasteiger partial charge in [0.25, 0.3) is 5.91 Å². The van der Waals surface area contributed by atoms with Gasteiger partial charge < -0.3 is 19.5 Å². The van der Waals surface area contributed by atoms with E-state index in [4.69, 9.17) is 14.2 Å². The van der Waals surface area contributed by atoms with Crippen LogP contribution in [0.3, 0.4) is 0 Å². The first-order chi connectivity index (χ1) is 12.5. The highest BCUT2D eigenvalue weighted by Gasteiger charge is 2.23. The number of carbonyl (C=O) groups excluding carboxylic acids is 2. The van der Waals surface area contributed by atoms with Gasteiger partial charge in [-0.2, -0.15) is 0 Å². The van der Waals surface area contributed by atoms with E-state index in [0.717, 1.165) is 25.7 Å². The Kier molecular flexibility index (Phi) is 7.75. The molecule has 1 aliphatic carbocycles. The van der Waals surface area contributed by atoms with E-state index in [1.54, 1.807) is 25.1 Å². The fraction of sp³-hybridized carbons (Fsp3) is 0.600. The highest BCUT2D eigenvalue weighted by molar-refractivity contribution is 5.92. The van der Waals surface area contributed by atoms with Gasteiger partial charge in [-0.25, -0.2) is 4.79 Å². The van der Waals surface area contributed by atoms with Crippen LogP contribution in [0.4, 0.5) is 0 Å². The maximum Gasteiger partial charge on any atom is 0.339 e. The molecule has 1 aromatic carbocycles. The molecule has 26 heavy (non-hydrogen) atoms. The van der Waals surface area contributed by atoms with Gasteiger partial charge >= 0.3 is 5.97 Å². The average Bonchev–Trinajstić information content (AvgIpc) is 2.64. The van der Waals surface area contributed by atoms with E-state index in [0.29, 0.717) is 30.3 Å². The molecule has 2 rings (SSSR count). The van der Waals surface area contributed by atoms with Gasteiger partial charge in [0.2, 0.25) is 0 Å². The Morgan fingerprint density at radius 2 is 1.73 bits per heavy atom. The largest absolute Gasteiger partial charge is 0.490 e. The molecule has 6 nitrogen and oxygen atoms in total. The van der Waals surface area contributed by atoms with Crippen molar-refractivity contribution in [2.24, 2.45) is 0 Å². The number of carbonyl (C=O) groups is 2. The predicted octanol–water partition coefficient (Wildman–Crippen LogP) is 3.48. The number of amides is 1. The Labute approximate surface area is 155 Å². The molecule has 144 valence electrons. The van der Waals surface area contributed by atoms with Crippen LogP contribution in [0.25, 0.3) is 0 Å². The third-order valence-corrected chi connectivity index (χ3v) is 4.38. The SMILES string of the molecule is CCOc1ccc(C(=O)O[C@@H](C)C(=O)NC2CCCCC2)cc1OCC. The van der Waals surface area contributed by atoms with Crippen molar-refractivity contribution in [3.05, 3.63) is 23.8 Å². The van der Waals surface area contributed by atoms with E-state index in [1.165, 1.54) is 6.42 Å². The number of esters is 1. The molecule has 0 spiro atoms. The van der Waals surface area contributed by atoms with Gasteiger partial charge in [0, 0.05) is 6.04 Å². The average molecular weight is 363 g/mol. The second-order valence-electron chi connectivity index (χ2n) is 6.42. The fourth-order valence-corrected chi connectivity index (χ4v) is 3.03. The van der Waals surface area contributed by atoms with Crippen LogP contribution >= 0.6 is 0 Å². The molecular weight excluding hydrogens is 334 g/mol. The molecule has 1 N–H and O–H groups in total. The van der Waals surface area contributed by atoms with Crippen molar-refractivity contribution in [3.63, 3.8) is 0 Å². The topological polar surface area (TPSA) is 73.9 Å². The van der Waals surface area contributed by atoms with Gasteiger partial charge in [-0.3, -0.25) is 4.79 Å². The molecule has 0 saturated heterocycles. The Bertz CT molecular complexity index is 610. The van der Waals surface area contributed by atoms with Crippen molar-refractivity contribution in [1.82, 2.24) is 5.32 Å². The zero-order valence-electron chi connectivity index (χ0n) is 15.9. The highest BCUT2D eigenvalue weighted by atomic mass is 16.5. The number of nitrogens with one attached hydrogen (secondary N) is 1. The number of hydrogen-bond donors (Lipinski definition) is 1. The molecule has 1 amide bonds. The van der Waals surface area contributed by atoms with Gasteiger partial charge in [-0.1, -0.05) is 19.3 Å². The fourth-order valence-electron chi connectivity index (χ4n) is 3.03. The third kappa shape index (κ3) is 5.64. The molecule has 0 unspecified atom stereocenters. The molecule has 0 bridgehead atoms. The van der Waals surface area contributed by atoms with E-state index < -0.39 is 12.1 Å². The van der Waals surface area contributed by atoms with Crippen molar-refractivity contribution < 1.29 is 23.8 Å². The second kappa shape index (κ2) is 10.0. The van der Waals surface area contributed by atoms with Crippen LogP contribution < -0.4 is 14.8 Å². The minimum Gasteiger partial charge on any atom is -0.490 e. The molecule has 1 fully saturated rings. The zero-order valence-corrected chi connectivity index (χ0v) is 15.9. The Morgan fingerprint density at radius 1 is 1.08 bits per heavy atom. The summed E-state index contributed by atoms with van der Waals surface area (Å²) in [5.41, 5.74) is 0.328. The van der Waals surface area contributed by atoms with Crippen LogP contribution in [0.1, 0.15) is 63.2 Å². The van der Waals surface area contributed by atoms with Gasteiger partial charge in [0.15, 0.2) is 17.6 Å². The Morgan fingerprint density at radius 3 is 2.38 bits per heavy atom. The predicted molar refractivity (Wildman–Crippen MR) is 98.7 cm³/mol. The lowest BCUT2D eigenvalue weighted by Gasteiger charge is -2.24. The van der Waals surface area contributed by atoms with Gasteiger partial charge in [-0.05, 0) is 51.8 Å². The van der Waals surface area contributed by atoms with Crippen molar-refractivity contribution in [1.29, 1.82) is 0 Å². The van der Waals surface area contributed by atoms with E-state index in [-0.39, 0.29) is 11.9 Å². The van der Waals surface area contributed by atoms with Crippen LogP contribution in [0.2, 0.25) is 0 Å². The first-order valence-corrected chi connectivity index (χ1v) is 9.46. The molecular formula is C20H29NO5. The van der Waals surface area contributed by atoms with Crippen LogP contribution in [0.15, 0.2) is 18.2 Å². The smallest absolute Gasteiger partial charge is 0.339 e. The zero-order chi connectivity index (χ0) is 18.9. The standard InChI is InChI=1S/C20H29NO5/c1-4-24-17-12-11-15(13-18(17)25-5-2)20(23)26-14(3)19(22)21-16-9-7-6-8-10-16/h11-14,16H,4-10H2,1-3H3,(H,21,22)/t14-/m0/s1.